The van der Waals surface area contributed by atoms with Crippen molar-refractivity contribution >= 4 is 56.4 Å². The van der Waals surface area contributed by atoms with E-state index in [9.17, 15) is 9.59 Å². The summed E-state index contributed by atoms with van der Waals surface area (Å²) in [7, 11) is 0. The molecule has 6 N–H and O–H groups in total. The van der Waals surface area contributed by atoms with E-state index in [0.717, 1.165) is 33.2 Å². The molecule has 2 aromatic heterocycles. The molecule has 8 heteroatoms. The van der Waals surface area contributed by atoms with E-state index in [1.54, 1.807) is 62.4 Å². The predicted octanol–water partition coefficient (Wildman–Crippen LogP) is 4.17. The largest absolute Gasteiger partial charge is 0.398 e. The molecule has 0 spiro atoms. The summed E-state index contributed by atoms with van der Waals surface area (Å²) in [6.07, 6.45) is 0. The fraction of sp³-hybridized carbons (Fsp3) is 0.200. The van der Waals surface area contributed by atoms with Crippen LogP contribution in [0.3, 0.4) is 0 Å². The van der Waals surface area contributed by atoms with Gasteiger partial charge in [0.25, 0.3) is 0 Å². The monoisotopic (exact) mass is 442 g/mol. The van der Waals surface area contributed by atoms with E-state index in [4.69, 9.17) is 11.5 Å². The highest BCUT2D eigenvalue weighted by molar-refractivity contribution is 6.14. The summed E-state index contributed by atoms with van der Waals surface area (Å²) >= 11 is 0. The van der Waals surface area contributed by atoms with Crippen LogP contribution in [0.2, 0.25) is 0 Å². The highest BCUT2D eigenvalue weighted by Crippen LogP contribution is 2.28. The van der Waals surface area contributed by atoms with Crippen LogP contribution in [-0.2, 0) is 9.59 Å². The standard InChI is InChI=1S/C25H26N6O2/c1-13-9-19(26)17-11-15(5-7-21(17)28-13)30-23(32)25(3,4)24(33)31-16-6-8-22-18(12-16)20(27)10-14(2)29-22/h5-12H,1-4H3,(H2,26,28)(H2,27,29)(H,30,32)(H,31,33). The third-order valence-corrected chi connectivity index (χ3v) is 5.59. The first kappa shape index (κ1) is 22.0. The minimum atomic E-state index is -1.35. The molecular formula is C25H26N6O2. The fourth-order valence-corrected chi connectivity index (χ4v) is 3.61. The number of benzene rings is 2. The van der Waals surface area contributed by atoms with Crippen LogP contribution in [0.4, 0.5) is 22.7 Å². The SMILES string of the molecule is Cc1cc(N)c2cc(NC(=O)C(C)(C)C(=O)Nc3ccc4nc(C)cc(N)c4c3)ccc2n1. The Balaban J connectivity index is 1.54. The van der Waals surface area contributed by atoms with Gasteiger partial charge >= 0.3 is 0 Å². The van der Waals surface area contributed by atoms with Gasteiger partial charge in [-0.15, -0.1) is 0 Å². The molecule has 2 amide bonds. The lowest BCUT2D eigenvalue weighted by Gasteiger charge is -2.23. The maximum absolute atomic E-state index is 13.0. The van der Waals surface area contributed by atoms with Crippen molar-refractivity contribution in [2.75, 3.05) is 22.1 Å². The molecule has 0 aliphatic carbocycles. The number of amides is 2. The van der Waals surface area contributed by atoms with E-state index in [1.807, 2.05) is 13.8 Å². The molecule has 0 saturated heterocycles. The molecule has 4 rings (SSSR count). The lowest BCUT2D eigenvalue weighted by Crippen LogP contribution is -2.41. The number of carbonyl (C=O) groups is 2. The number of nitrogens with two attached hydrogens (primary N) is 2. The van der Waals surface area contributed by atoms with Gasteiger partial charge in [0.1, 0.15) is 5.41 Å². The molecule has 168 valence electrons. The van der Waals surface area contributed by atoms with Crippen LogP contribution in [0.25, 0.3) is 21.8 Å². The topological polar surface area (TPSA) is 136 Å². The lowest BCUT2D eigenvalue weighted by molar-refractivity contribution is -0.135. The molecule has 0 radical (unpaired) electrons. The van der Waals surface area contributed by atoms with Gasteiger partial charge in [0, 0.05) is 44.9 Å². The molecule has 4 aromatic rings. The molecule has 0 saturated carbocycles. The zero-order valence-electron chi connectivity index (χ0n) is 19.0. The van der Waals surface area contributed by atoms with Crippen molar-refractivity contribution in [3.63, 3.8) is 0 Å². The Labute approximate surface area is 191 Å². The van der Waals surface area contributed by atoms with E-state index >= 15 is 0 Å². The maximum Gasteiger partial charge on any atom is 0.239 e. The number of hydrogen-bond donors (Lipinski definition) is 4. The quantitative estimate of drug-likeness (QED) is 0.350. The van der Waals surface area contributed by atoms with Crippen molar-refractivity contribution < 1.29 is 9.59 Å². The van der Waals surface area contributed by atoms with E-state index in [-0.39, 0.29) is 0 Å². The number of hydrogen-bond acceptors (Lipinski definition) is 6. The summed E-state index contributed by atoms with van der Waals surface area (Å²) in [6, 6.07) is 14.1. The third kappa shape index (κ3) is 4.27. The van der Waals surface area contributed by atoms with Gasteiger partial charge in [0.15, 0.2) is 0 Å². The van der Waals surface area contributed by atoms with Gasteiger partial charge in [0.05, 0.1) is 11.0 Å². The minimum Gasteiger partial charge on any atom is -0.398 e. The van der Waals surface area contributed by atoms with Crippen LogP contribution in [-0.4, -0.2) is 21.8 Å². The summed E-state index contributed by atoms with van der Waals surface area (Å²) in [6.45, 7) is 6.87. The van der Waals surface area contributed by atoms with Crippen molar-refractivity contribution in [3.8, 4) is 0 Å². The van der Waals surface area contributed by atoms with Crippen molar-refractivity contribution in [3.05, 3.63) is 59.9 Å². The van der Waals surface area contributed by atoms with Gasteiger partial charge in [-0.05, 0) is 76.2 Å². The lowest BCUT2D eigenvalue weighted by atomic mass is 9.90. The van der Waals surface area contributed by atoms with E-state index in [2.05, 4.69) is 20.6 Å². The first-order valence-corrected chi connectivity index (χ1v) is 10.5. The van der Waals surface area contributed by atoms with Crippen molar-refractivity contribution in [1.82, 2.24) is 9.97 Å². The Hall–Kier alpha value is -4.20. The highest BCUT2D eigenvalue weighted by Gasteiger charge is 2.36. The van der Waals surface area contributed by atoms with Crippen LogP contribution in [0.5, 0.6) is 0 Å². The minimum absolute atomic E-state index is 0.449. The van der Waals surface area contributed by atoms with Crippen LogP contribution in [0.15, 0.2) is 48.5 Å². The maximum atomic E-state index is 13.0. The van der Waals surface area contributed by atoms with Crippen molar-refractivity contribution in [1.29, 1.82) is 0 Å². The second-order valence-electron chi connectivity index (χ2n) is 8.70. The average molecular weight is 443 g/mol. The molecule has 0 bridgehead atoms. The van der Waals surface area contributed by atoms with Gasteiger partial charge < -0.3 is 22.1 Å². The molecule has 0 atom stereocenters. The van der Waals surface area contributed by atoms with Crippen LogP contribution in [0.1, 0.15) is 25.2 Å². The smallest absolute Gasteiger partial charge is 0.239 e. The first-order chi connectivity index (χ1) is 15.5. The van der Waals surface area contributed by atoms with Crippen molar-refractivity contribution in [2.24, 2.45) is 5.41 Å². The number of aryl methyl sites for hydroxylation is 2. The molecule has 2 heterocycles. The molecule has 2 aromatic carbocycles. The van der Waals surface area contributed by atoms with Crippen LogP contribution >= 0.6 is 0 Å². The second-order valence-corrected chi connectivity index (χ2v) is 8.70. The van der Waals surface area contributed by atoms with Gasteiger partial charge in [-0.25, -0.2) is 0 Å². The summed E-state index contributed by atoms with van der Waals surface area (Å²) in [5, 5.41) is 7.10. The summed E-state index contributed by atoms with van der Waals surface area (Å²) in [5.41, 5.74) is 16.2. The number of nitrogens with zero attached hydrogens (tertiary/aromatic N) is 2. The van der Waals surface area contributed by atoms with Gasteiger partial charge in [-0.2, -0.15) is 0 Å². The second kappa shape index (κ2) is 8.05. The average Bonchev–Trinajstić information content (AvgIpc) is 2.74. The van der Waals surface area contributed by atoms with Crippen LogP contribution < -0.4 is 22.1 Å². The number of pyridine rings is 2. The predicted molar refractivity (Wildman–Crippen MR) is 133 cm³/mol. The van der Waals surface area contributed by atoms with Crippen molar-refractivity contribution in [2.45, 2.75) is 27.7 Å². The number of nitrogen functional groups attached to an aromatic ring is 2. The Bertz CT molecular complexity index is 1320. The van der Waals surface area contributed by atoms with Gasteiger partial charge in [-0.1, -0.05) is 0 Å². The Kier molecular flexibility index (Phi) is 5.37. The third-order valence-electron chi connectivity index (χ3n) is 5.59. The number of anilines is 4. The zero-order chi connectivity index (χ0) is 23.9. The molecule has 0 fully saturated rings. The Morgan fingerprint density at radius 3 is 1.52 bits per heavy atom. The fourth-order valence-electron chi connectivity index (χ4n) is 3.61. The Morgan fingerprint density at radius 1 is 0.727 bits per heavy atom. The summed E-state index contributed by atoms with van der Waals surface area (Å²) < 4.78 is 0. The number of fused-ring (bicyclic) bond motifs is 2. The van der Waals surface area contributed by atoms with E-state index < -0.39 is 17.2 Å². The van der Waals surface area contributed by atoms with E-state index in [0.29, 0.717) is 22.7 Å². The molecule has 33 heavy (non-hydrogen) atoms. The van der Waals surface area contributed by atoms with Crippen LogP contribution in [0, 0.1) is 19.3 Å². The molecular weight excluding hydrogens is 416 g/mol. The molecule has 8 nitrogen and oxygen atoms in total. The Morgan fingerprint density at radius 2 is 1.12 bits per heavy atom. The van der Waals surface area contributed by atoms with Gasteiger partial charge in [-0.3, -0.25) is 19.6 Å². The number of carbonyl (C=O) groups excluding carboxylic acids is 2. The molecule has 0 aliphatic rings. The first-order valence-electron chi connectivity index (χ1n) is 10.5. The number of aromatic nitrogens is 2. The number of rotatable bonds is 4. The van der Waals surface area contributed by atoms with E-state index in [1.165, 1.54) is 0 Å². The number of nitrogens with one attached hydrogen (secondary N) is 2. The molecule has 0 aliphatic heterocycles. The molecule has 0 unspecified atom stereocenters. The summed E-state index contributed by atoms with van der Waals surface area (Å²) in [4.78, 5) is 34.9. The normalized spacial score (nSPS) is 11.5. The zero-order valence-corrected chi connectivity index (χ0v) is 19.0. The summed E-state index contributed by atoms with van der Waals surface area (Å²) in [5.74, 6) is -0.897. The van der Waals surface area contributed by atoms with Gasteiger partial charge in [0.2, 0.25) is 11.8 Å². The highest BCUT2D eigenvalue weighted by atomic mass is 16.2.